The zero-order valence-electron chi connectivity index (χ0n) is 23.3. The molecule has 0 saturated heterocycles. The van der Waals surface area contributed by atoms with Crippen molar-refractivity contribution in [3.63, 3.8) is 0 Å². The summed E-state index contributed by atoms with van der Waals surface area (Å²) in [5.41, 5.74) is 1.47. The Bertz CT molecular complexity index is 833. The van der Waals surface area contributed by atoms with E-state index in [1.54, 1.807) is 5.57 Å². The van der Waals surface area contributed by atoms with Crippen molar-refractivity contribution < 1.29 is 15.0 Å². The first kappa shape index (κ1) is 26.2. The molecule has 0 aromatic heterocycles. The molecule has 4 aliphatic rings. The summed E-state index contributed by atoms with van der Waals surface area (Å²) in [6.45, 7) is 19.1. The first-order valence-corrected chi connectivity index (χ1v) is 14.3. The van der Waals surface area contributed by atoms with Crippen molar-refractivity contribution in [2.75, 3.05) is 0 Å². The van der Waals surface area contributed by atoms with Gasteiger partial charge >= 0.3 is 5.97 Å². The summed E-state index contributed by atoms with van der Waals surface area (Å²) in [6.07, 6.45) is 11.8. The van der Waals surface area contributed by atoms with Gasteiger partial charge in [-0.05, 0) is 116 Å². The Morgan fingerprint density at radius 1 is 0.971 bits per heavy atom. The summed E-state index contributed by atoms with van der Waals surface area (Å²) in [5, 5.41) is 21.0. The van der Waals surface area contributed by atoms with Gasteiger partial charge in [-0.3, -0.25) is 4.79 Å². The maximum absolute atomic E-state index is 12.4. The maximum atomic E-state index is 12.4. The third-order valence-electron chi connectivity index (χ3n) is 13.0. The van der Waals surface area contributed by atoms with E-state index in [4.69, 9.17) is 0 Å². The molecule has 3 heteroatoms. The first-order valence-electron chi connectivity index (χ1n) is 14.3. The number of rotatable bonds is 4. The quantitative estimate of drug-likeness (QED) is 0.412. The third-order valence-corrected chi connectivity index (χ3v) is 13.0. The van der Waals surface area contributed by atoms with E-state index in [-0.39, 0.29) is 16.7 Å². The Morgan fingerprint density at radius 3 is 2.29 bits per heavy atom. The van der Waals surface area contributed by atoms with Gasteiger partial charge in [0.2, 0.25) is 0 Å². The monoisotopic (exact) mass is 472 g/mol. The lowest BCUT2D eigenvalue weighted by Crippen LogP contribution is -2.56. The molecule has 0 aliphatic heterocycles. The van der Waals surface area contributed by atoms with E-state index in [1.807, 2.05) is 6.92 Å². The van der Waals surface area contributed by atoms with Crippen LogP contribution in [0.1, 0.15) is 113 Å². The molecule has 0 aromatic rings. The van der Waals surface area contributed by atoms with Gasteiger partial charge in [-0.15, -0.1) is 0 Å². The number of fused-ring (bicyclic) bond motifs is 3. The van der Waals surface area contributed by atoms with Crippen LogP contribution in [0, 0.1) is 57.2 Å². The highest BCUT2D eigenvalue weighted by molar-refractivity contribution is 5.75. The predicted octanol–water partition coefficient (Wildman–Crippen LogP) is 7.73. The van der Waals surface area contributed by atoms with Crippen molar-refractivity contribution in [3.8, 4) is 0 Å². The first-order chi connectivity index (χ1) is 15.7. The average molecular weight is 473 g/mol. The Morgan fingerprint density at radius 2 is 1.65 bits per heavy atom. The molecule has 3 nitrogen and oxygen atoms in total. The molecule has 0 aromatic carbocycles. The SMILES string of the molecule is C[C@H]1[C@H](C)CC[C@]2(C)CC[C@]3(C)C(=CC[C@H](C)[C@@]3(C)CC[C@@H]3[C@H](C)CC[C@H](O)[C@]3(C)C(=O)O)[C@H]12. The smallest absolute Gasteiger partial charge is 0.312 e. The van der Waals surface area contributed by atoms with Crippen LogP contribution < -0.4 is 0 Å². The van der Waals surface area contributed by atoms with Gasteiger partial charge in [-0.25, -0.2) is 0 Å². The van der Waals surface area contributed by atoms with E-state index < -0.39 is 17.5 Å². The van der Waals surface area contributed by atoms with E-state index in [2.05, 4.69) is 54.5 Å². The number of aliphatic hydroxyl groups excluding tert-OH is 1. The number of aliphatic carboxylic acids is 1. The molecule has 0 heterocycles. The third kappa shape index (κ3) is 3.57. The van der Waals surface area contributed by atoms with Crippen molar-refractivity contribution in [2.24, 2.45) is 57.2 Å². The number of aliphatic hydroxyl groups is 1. The highest BCUT2D eigenvalue weighted by atomic mass is 16.4. The molecule has 3 saturated carbocycles. The van der Waals surface area contributed by atoms with Crippen molar-refractivity contribution in [2.45, 2.75) is 119 Å². The lowest BCUT2D eigenvalue weighted by atomic mass is 9.40. The van der Waals surface area contributed by atoms with Gasteiger partial charge in [0.15, 0.2) is 0 Å². The van der Waals surface area contributed by atoms with E-state index >= 15 is 0 Å². The Labute approximate surface area is 209 Å². The minimum Gasteiger partial charge on any atom is -0.481 e. The minimum absolute atomic E-state index is 0.0261. The maximum Gasteiger partial charge on any atom is 0.312 e. The second kappa shape index (κ2) is 8.63. The normalized spacial score (nSPS) is 53.4. The van der Waals surface area contributed by atoms with E-state index in [0.29, 0.717) is 29.6 Å². The van der Waals surface area contributed by atoms with E-state index in [9.17, 15) is 15.0 Å². The highest BCUT2D eigenvalue weighted by Gasteiger charge is 2.61. The fourth-order valence-electron chi connectivity index (χ4n) is 9.60. The molecule has 0 bridgehead atoms. The molecule has 0 spiro atoms. The summed E-state index contributed by atoms with van der Waals surface area (Å²) in [7, 11) is 0. The molecule has 194 valence electrons. The minimum atomic E-state index is -1.04. The Balaban J connectivity index is 1.66. The van der Waals surface area contributed by atoms with Gasteiger partial charge in [-0.2, -0.15) is 0 Å². The number of carboxylic acids is 1. The number of allylic oxidation sites excluding steroid dienone is 2. The summed E-state index contributed by atoms with van der Waals surface area (Å²) in [5.74, 6) is 2.33. The molecule has 11 atom stereocenters. The van der Waals surface area contributed by atoms with Gasteiger partial charge in [-0.1, -0.05) is 60.1 Å². The van der Waals surface area contributed by atoms with Crippen molar-refractivity contribution in [3.05, 3.63) is 11.6 Å². The van der Waals surface area contributed by atoms with E-state index in [1.165, 1.54) is 25.7 Å². The van der Waals surface area contributed by atoms with Crippen molar-refractivity contribution >= 4 is 5.97 Å². The van der Waals surface area contributed by atoms with Crippen LogP contribution >= 0.6 is 0 Å². The van der Waals surface area contributed by atoms with E-state index in [0.717, 1.165) is 37.5 Å². The standard InChI is InChI=1S/C31H52O3/c1-19-13-15-28(5)17-18-30(7)24(26(28)22(19)4)11-10-21(3)29(30,6)16-14-23-20(2)9-12-25(32)31(23,8)27(33)34/h11,19-23,25-26,32H,9-10,12-18H2,1-8H3,(H,33,34)/t19-,20-,21+,22+,23-,25+,26+,28-,29-,30-,31-/m1/s1. The molecule has 4 rings (SSSR count). The van der Waals surface area contributed by atoms with Gasteiger partial charge in [0.25, 0.3) is 0 Å². The van der Waals surface area contributed by atoms with Crippen LogP contribution in [-0.4, -0.2) is 22.3 Å². The molecular formula is C31H52O3. The molecule has 0 amide bonds. The van der Waals surface area contributed by atoms with Gasteiger partial charge in [0.1, 0.15) is 0 Å². The van der Waals surface area contributed by atoms with Gasteiger partial charge in [0, 0.05) is 0 Å². The van der Waals surface area contributed by atoms with Crippen molar-refractivity contribution in [1.29, 1.82) is 0 Å². The lowest BCUT2D eigenvalue weighted by molar-refractivity contribution is -0.170. The van der Waals surface area contributed by atoms with Gasteiger partial charge < -0.3 is 10.2 Å². The lowest BCUT2D eigenvalue weighted by Gasteiger charge is -2.65. The van der Waals surface area contributed by atoms with Crippen LogP contribution in [0.5, 0.6) is 0 Å². The van der Waals surface area contributed by atoms with Crippen LogP contribution in [0.4, 0.5) is 0 Å². The average Bonchev–Trinajstić information content (AvgIpc) is 2.78. The summed E-state index contributed by atoms with van der Waals surface area (Å²) >= 11 is 0. The second-order valence-corrected chi connectivity index (χ2v) is 14.4. The van der Waals surface area contributed by atoms with Crippen LogP contribution in [0.15, 0.2) is 11.6 Å². The summed E-state index contributed by atoms with van der Waals surface area (Å²) < 4.78 is 0. The predicted molar refractivity (Wildman–Crippen MR) is 139 cm³/mol. The van der Waals surface area contributed by atoms with Crippen molar-refractivity contribution in [1.82, 2.24) is 0 Å². The topological polar surface area (TPSA) is 57.5 Å². The summed E-state index contributed by atoms with van der Waals surface area (Å²) in [4.78, 5) is 12.4. The highest BCUT2D eigenvalue weighted by Crippen LogP contribution is 2.69. The number of carboxylic acid groups (broad SMARTS) is 1. The van der Waals surface area contributed by atoms with Crippen LogP contribution in [-0.2, 0) is 4.79 Å². The zero-order valence-corrected chi connectivity index (χ0v) is 23.3. The zero-order chi connectivity index (χ0) is 25.3. The molecule has 4 aliphatic carbocycles. The summed E-state index contributed by atoms with van der Waals surface area (Å²) in [6, 6.07) is 0. The van der Waals surface area contributed by atoms with Crippen LogP contribution in [0.3, 0.4) is 0 Å². The number of hydrogen-bond acceptors (Lipinski definition) is 2. The van der Waals surface area contributed by atoms with Gasteiger partial charge in [0.05, 0.1) is 11.5 Å². The molecule has 0 radical (unpaired) electrons. The Kier molecular flexibility index (Phi) is 6.66. The molecule has 0 unspecified atom stereocenters. The molecule has 34 heavy (non-hydrogen) atoms. The largest absolute Gasteiger partial charge is 0.481 e. The molecule has 3 fully saturated rings. The fraction of sp³-hybridized carbons (Fsp3) is 0.903. The number of hydrogen-bond donors (Lipinski definition) is 2. The van der Waals surface area contributed by atoms with Crippen LogP contribution in [0.2, 0.25) is 0 Å². The second-order valence-electron chi connectivity index (χ2n) is 14.4. The fourth-order valence-corrected chi connectivity index (χ4v) is 9.60. The number of carbonyl (C=O) groups is 1. The molecule has 2 N–H and O–H groups in total. The molecular weight excluding hydrogens is 420 g/mol. The van der Waals surface area contributed by atoms with Crippen LogP contribution in [0.25, 0.3) is 0 Å². The Hall–Kier alpha value is -0.830.